The van der Waals surface area contributed by atoms with E-state index in [1.165, 1.54) is 18.4 Å². The third-order valence-electron chi connectivity index (χ3n) is 5.81. The zero-order chi connectivity index (χ0) is 19.5. The number of rotatable bonds is 7. The molecule has 6 heteroatoms. The van der Waals surface area contributed by atoms with E-state index < -0.39 is 0 Å². The summed E-state index contributed by atoms with van der Waals surface area (Å²) in [7, 11) is 0. The molecule has 1 unspecified atom stereocenters. The van der Waals surface area contributed by atoms with Gasteiger partial charge in [0.15, 0.2) is 0 Å². The van der Waals surface area contributed by atoms with Crippen LogP contribution in [0.2, 0.25) is 0 Å². The number of amides is 1. The van der Waals surface area contributed by atoms with E-state index in [1.54, 1.807) is 16.9 Å². The lowest BCUT2D eigenvalue weighted by Crippen LogP contribution is -2.33. The van der Waals surface area contributed by atoms with E-state index in [0.29, 0.717) is 19.0 Å². The van der Waals surface area contributed by atoms with E-state index in [9.17, 15) is 9.59 Å². The van der Waals surface area contributed by atoms with Crippen LogP contribution in [0.4, 0.5) is 5.69 Å². The van der Waals surface area contributed by atoms with Crippen molar-refractivity contribution in [3.63, 3.8) is 0 Å². The van der Waals surface area contributed by atoms with E-state index in [0.717, 1.165) is 37.2 Å². The summed E-state index contributed by atoms with van der Waals surface area (Å²) >= 11 is 0. The van der Waals surface area contributed by atoms with Gasteiger partial charge in [-0.3, -0.25) is 9.59 Å². The number of aryl methyl sites for hydroxylation is 1. The fourth-order valence-corrected chi connectivity index (χ4v) is 3.71. The number of benzene rings is 1. The molecule has 0 bridgehead atoms. The Hall–Kier alpha value is -2.63. The predicted molar refractivity (Wildman–Crippen MR) is 109 cm³/mol. The van der Waals surface area contributed by atoms with Crippen molar-refractivity contribution in [3.8, 4) is 0 Å². The SMILES string of the molecule is CCc1ccc(CNC(=O)C2CCN(c3cnn(CC4CC4)c(=O)c3)C2)cc1. The summed E-state index contributed by atoms with van der Waals surface area (Å²) in [5.74, 6) is 0.648. The van der Waals surface area contributed by atoms with Crippen molar-refractivity contribution in [1.29, 1.82) is 0 Å². The average Bonchev–Trinajstić information content (AvgIpc) is 3.40. The highest BCUT2D eigenvalue weighted by Gasteiger charge is 2.29. The Kier molecular flexibility index (Phi) is 5.46. The van der Waals surface area contributed by atoms with Crippen LogP contribution in [0.25, 0.3) is 0 Å². The van der Waals surface area contributed by atoms with E-state index in [4.69, 9.17) is 0 Å². The predicted octanol–water partition coefficient (Wildman–Crippen LogP) is 2.36. The summed E-state index contributed by atoms with van der Waals surface area (Å²) in [5.41, 5.74) is 3.19. The van der Waals surface area contributed by atoms with Gasteiger partial charge in [-0.1, -0.05) is 31.2 Å². The topological polar surface area (TPSA) is 67.2 Å². The molecule has 1 atom stereocenters. The molecule has 0 radical (unpaired) electrons. The number of nitrogens with zero attached hydrogens (tertiary/aromatic N) is 3. The molecule has 2 aliphatic rings. The third kappa shape index (κ3) is 4.43. The van der Waals surface area contributed by atoms with Crippen molar-refractivity contribution in [3.05, 3.63) is 58.0 Å². The standard InChI is InChI=1S/C22H28N4O2/c1-2-16-3-5-17(6-4-16)12-23-22(28)19-9-10-25(15-19)20-11-21(27)26(24-13-20)14-18-7-8-18/h3-6,11,13,18-19H,2,7-10,12,14-15H2,1H3,(H,23,28). The Balaban J connectivity index is 1.30. The molecular formula is C22H28N4O2. The van der Waals surface area contributed by atoms with E-state index in [1.807, 2.05) is 0 Å². The zero-order valence-corrected chi connectivity index (χ0v) is 16.4. The van der Waals surface area contributed by atoms with Crippen LogP contribution in [0.5, 0.6) is 0 Å². The van der Waals surface area contributed by atoms with Gasteiger partial charge in [0.1, 0.15) is 0 Å². The van der Waals surface area contributed by atoms with Gasteiger partial charge in [-0.05, 0) is 42.7 Å². The molecule has 28 heavy (non-hydrogen) atoms. The molecule has 1 aromatic heterocycles. The van der Waals surface area contributed by atoms with Crippen molar-refractivity contribution in [2.75, 3.05) is 18.0 Å². The first-order valence-corrected chi connectivity index (χ1v) is 10.3. The Morgan fingerprint density at radius 3 is 2.61 bits per heavy atom. The van der Waals surface area contributed by atoms with Crippen LogP contribution >= 0.6 is 0 Å². The summed E-state index contributed by atoms with van der Waals surface area (Å²) in [5, 5.41) is 7.38. The second-order valence-corrected chi connectivity index (χ2v) is 8.00. The Morgan fingerprint density at radius 2 is 1.93 bits per heavy atom. The van der Waals surface area contributed by atoms with Crippen molar-refractivity contribution in [2.45, 2.75) is 45.7 Å². The van der Waals surface area contributed by atoms with Gasteiger partial charge in [0.25, 0.3) is 5.56 Å². The second kappa shape index (κ2) is 8.17. The molecule has 1 amide bonds. The van der Waals surface area contributed by atoms with Gasteiger partial charge in [-0.2, -0.15) is 5.10 Å². The fourth-order valence-electron chi connectivity index (χ4n) is 3.71. The molecule has 2 heterocycles. The Morgan fingerprint density at radius 1 is 1.18 bits per heavy atom. The second-order valence-electron chi connectivity index (χ2n) is 8.00. The summed E-state index contributed by atoms with van der Waals surface area (Å²) in [4.78, 5) is 26.9. The molecular weight excluding hydrogens is 352 g/mol. The molecule has 1 aliphatic carbocycles. The molecule has 0 spiro atoms. The Labute approximate surface area is 165 Å². The number of aromatic nitrogens is 2. The lowest BCUT2D eigenvalue weighted by molar-refractivity contribution is -0.124. The molecule has 4 rings (SSSR count). The largest absolute Gasteiger partial charge is 0.369 e. The highest BCUT2D eigenvalue weighted by atomic mass is 16.2. The van der Waals surface area contributed by atoms with E-state index in [-0.39, 0.29) is 17.4 Å². The van der Waals surface area contributed by atoms with Crippen molar-refractivity contribution < 1.29 is 4.79 Å². The molecule has 2 aromatic rings. The van der Waals surface area contributed by atoms with Crippen LogP contribution in [-0.2, 0) is 24.3 Å². The molecule has 1 aromatic carbocycles. The number of carbonyl (C=O) groups excluding carboxylic acids is 1. The van der Waals surface area contributed by atoms with Crippen LogP contribution in [0, 0.1) is 11.8 Å². The highest BCUT2D eigenvalue weighted by molar-refractivity contribution is 5.80. The maximum atomic E-state index is 12.5. The lowest BCUT2D eigenvalue weighted by atomic mass is 10.1. The minimum absolute atomic E-state index is 0.0483. The molecule has 1 saturated heterocycles. The van der Waals surface area contributed by atoms with Crippen molar-refractivity contribution in [1.82, 2.24) is 15.1 Å². The molecule has 148 valence electrons. The zero-order valence-electron chi connectivity index (χ0n) is 16.4. The first-order chi connectivity index (χ1) is 13.6. The summed E-state index contributed by atoms with van der Waals surface area (Å²) in [6, 6.07) is 10.0. The molecule has 1 aliphatic heterocycles. The maximum Gasteiger partial charge on any atom is 0.268 e. The monoisotopic (exact) mass is 380 g/mol. The fraction of sp³-hybridized carbons (Fsp3) is 0.500. The highest BCUT2D eigenvalue weighted by Crippen LogP contribution is 2.30. The maximum absolute atomic E-state index is 12.5. The number of hydrogen-bond donors (Lipinski definition) is 1. The smallest absolute Gasteiger partial charge is 0.268 e. The molecule has 2 fully saturated rings. The summed E-state index contributed by atoms with van der Waals surface area (Å²) in [6.07, 6.45) is 5.97. The third-order valence-corrected chi connectivity index (χ3v) is 5.81. The van der Waals surface area contributed by atoms with Gasteiger partial charge in [0.05, 0.1) is 17.8 Å². The van der Waals surface area contributed by atoms with Crippen LogP contribution < -0.4 is 15.8 Å². The van der Waals surface area contributed by atoms with Gasteiger partial charge in [-0.15, -0.1) is 0 Å². The minimum atomic E-state index is -0.0520. The van der Waals surface area contributed by atoms with Gasteiger partial charge in [0.2, 0.25) is 5.91 Å². The van der Waals surface area contributed by atoms with E-state index >= 15 is 0 Å². The van der Waals surface area contributed by atoms with Crippen molar-refractivity contribution >= 4 is 11.6 Å². The van der Waals surface area contributed by atoms with E-state index in [2.05, 4.69) is 46.5 Å². The average molecular weight is 380 g/mol. The van der Waals surface area contributed by atoms with Crippen LogP contribution in [0.15, 0.2) is 41.3 Å². The van der Waals surface area contributed by atoms with Gasteiger partial charge in [0, 0.05) is 32.2 Å². The lowest BCUT2D eigenvalue weighted by Gasteiger charge is -2.18. The number of anilines is 1. The first kappa shape index (κ1) is 18.7. The molecule has 6 nitrogen and oxygen atoms in total. The quantitative estimate of drug-likeness (QED) is 0.801. The minimum Gasteiger partial charge on any atom is -0.369 e. The summed E-state index contributed by atoms with van der Waals surface area (Å²) in [6.45, 7) is 4.82. The van der Waals surface area contributed by atoms with Gasteiger partial charge in [-0.25, -0.2) is 4.68 Å². The van der Waals surface area contributed by atoms with Crippen LogP contribution in [0.1, 0.15) is 37.3 Å². The molecule has 1 saturated carbocycles. The van der Waals surface area contributed by atoms with Gasteiger partial charge < -0.3 is 10.2 Å². The molecule has 1 N–H and O–H groups in total. The normalized spacial score (nSPS) is 19.0. The van der Waals surface area contributed by atoms with Gasteiger partial charge >= 0.3 is 0 Å². The van der Waals surface area contributed by atoms with Crippen LogP contribution in [0.3, 0.4) is 0 Å². The number of hydrogen-bond acceptors (Lipinski definition) is 4. The number of carbonyl (C=O) groups is 1. The summed E-state index contributed by atoms with van der Waals surface area (Å²) < 4.78 is 1.56. The van der Waals surface area contributed by atoms with Crippen LogP contribution in [-0.4, -0.2) is 28.8 Å². The van der Waals surface area contributed by atoms with Crippen molar-refractivity contribution in [2.24, 2.45) is 11.8 Å². The first-order valence-electron chi connectivity index (χ1n) is 10.3. The number of nitrogens with one attached hydrogen (secondary N) is 1. The Bertz CT molecular complexity index is 886.